The average molecular weight is 329 g/mol. The van der Waals surface area contributed by atoms with E-state index in [1.54, 1.807) is 0 Å². The third kappa shape index (κ3) is 4.16. The van der Waals surface area contributed by atoms with Crippen molar-refractivity contribution in [2.75, 3.05) is 6.61 Å². The van der Waals surface area contributed by atoms with Crippen molar-refractivity contribution in [2.24, 2.45) is 0 Å². The summed E-state index contributed by atoms with van der Waals surface area (Å²) in [5.74, 6) is -1.14. The Bertz CT molecular complexity index is 754. The van der Waals surface area contributed by atoms with Crippen molar-refractivity contribution in [1.29, 1.82) is 0 Å². The molecule has 0 aliphatic carbocycles. The third-order valence-corrected chi connectivity index (χ3v) is 3.06. The van der Waals surface area contributed by atoms with Gasteiger partial charge in [-0.15, -0.1) is 0 Å². The van der Waals surface area contributed by atoms with Gasteiger partial charge in [-0.1, -0.05) is 19.1 Å². The van der Waals surface area contributed by atoms with Crippen LogP contribution < -0.4 is 4.74 Å². The number of carbonyl (C=O) groups excluding carboxylic acids is 2. The van der Waals surface area contributed by atoms with E-state index in [1.807, 2.05) is 6.92 Å². The van der Waals surface area contributed by atoms with Crippen LogP contribution in [-0.2, 0) is 4.74 Å². The number of hydrogen-bond acceptors (Lipinski definition) is 6. The number of carbonyl (C=O) groups is 2. The summed E-state index contributed by atoms with van der Waals surface area (Å²) in [7, 11) is 0. The lowest BCUT2D eigenvalue weighted by Gasteiger charge is -2.06. The maximum absolute atomic E-state index is 12.1. The van der Waals surface area contributed by atoms with E-state index in [0.717, 1.165) is 6.42 Å². The van der Waals surface area contributed by atoms with Crippen molar-refractivity contribution in [2.45, 2.75) is 13.3 Å². The van der Waals surface area contributed by atoms with Crippen molar-refractivity contribution >= 4 is 17.6 Å². The van der Waals surface area contributed by atoms with Gasteiger partial charge in [-0.25, -0.2) is 9.59 Å². The highest BCUT2D eigenvalue weighted by molar-refractivity contribution is 5.95. The van der Waals surface area contributed by atoms with Gasteiger partial charge in [0.2, 0.25) is 0 Å². The van der Waals surface area contributed by atoms with Crippen LogP contribution in [0.15, 0.2) is 48.5 Å². The lowest BCUT2D eigenvalue weighted by atomic mass is 10.2. The zero-order valence-electron chi connectivity index (χ0n) is 12.9. The first-order valence-electron chi connectivity index (χ1n) is 7.25. The highest BCUT2D eigenvalue weighted by Crippen LogP contribution is 2.21. The van der Waals surface area contributed by atoms with E-state index in [0.29, 0.717) is 12.2 Å². The van der Waals surface area contributed by atoms with Gasteiger partial charge in [0.05, 0.1) is 17.1 Å². The van der Waals surface area contributed by atoms with E-state index in [9.17, 15) is 19.7 Å². The molecule has 7 heteroatoms. The Morgan fingerprint density at radius 2 is 1.71 bits per heavy atom. The molecule has 24 heavy (non-hydrogen) atoms. The summed E-state index contributed by atoms with van der Waals surface area (Å²) >= 11 is 0. The fourth-order valence-electron chi connectivity index (χ4n) is 1.90. The summed E-state index contributed by atoms with van der Waals surface area (Å²) in [6.45, 7) is 2.21. The van der Waals surface area contributed by atoms with E-state index >= 15 is 0 Å². The van der Waals surface area contributed by atoms with E-state index < -0.39 is 16.9 Å². The molecule has 0 aromatic heterocycles. The number of benzene rings is 2. The summed E-state index contributed by atoms with van der Waals surface area (Å²) in [4.78, 5) is 34.0. The standard InChI is InChI=1S/C17H15NO6/c1-2-11-23-16(19)12-7-9-13(10-8-12)24-17(20)14-5-3-4-6-15(14)18(21)22/h3-10H,2,11H2,1H3. The number of nitrogens with zero attached hydrogens (tertiary/aromatic N) is 1. The van der Waals surface area contributed by atoms with Crippen molar-refractivity contribution < 1.29 is 24.0 Å². The number of nitro groups is 1. The van der Waals surface area contributed by atoms with E-state index in [2.05, 4.69) is 0 Å². The molecule has 0 saturated carbocycles. The summed E-state index contributed by atoms with van der Waals surface area (Å²) in [5.41, 5.74) is -0.148. The van der Waals surface area contributed by atoms with Crippen LogP contribution in [0.5, 0.6) is 5.75 Å². The SMILES string of the molecule is CCCOC(=O)c1ccc(OC(=O)c2ccccc2[N+](=O)[O-])cc1. The smallest absolute Gasteiger partial charge is 0.350 e. The molecule has 0 amide bonds. The Morgan fingerprint density at radius 3 is 2.33 bits per heavy atom. The van der Waals surface area contributed by atoms with Crippen LogP contribution in [0, 0.1) is 10.1 Å². The molecular weight excluding hydrogens is 314 g/mol. The van der Waals surface area contributed by atoms with Crippen LogP contribution in [0.25, 0.3) is 0 Å². The zero-order chi connectivity index (χ0) is 17.5. The van der Waals surface area contributed by atoms with Crippen LogP contribution in [0.3, 0.4) is 0 Å². The lowest BCUT2D eigenvalue weighted by molar-refractivity contribution is -0.385. The van der Waals surface area contributed by atoms with Crippen molar-refractivity contribution in [1.82, 2.24) is 0 Å². The normalized spacial score (nSPS) is 10.0. The monoisotopic (exact) mass is 329 g/mol. The van der Waals surface area contributed by atoms with Crippen LogP contribution in [0.1, 0.15) is 34.1 Å². The second-order valence-electron chi connectivity index (χ2n) is 4.82. The summed E-state index contributed by atoms with van der Waals surface area (Å²) in [6.07, 6.45) is 0.720. The van der Waals surface area contributed by atoms with Gasteiger partial charge in [-0.3, -0.25) is 10.1 Å². The molecule has 0 atom stereocenters. The van der Waals surface area contributed by atoms with Crippen molar-refractivity contribution in [3.63, 3.8) is 0 Å². The second kappa shape index (κ2) is 7.87. The summed E-state index contributed by atoms with van der Waals surface area (Å²) in [6, 6.07) is 11.3. The van der Waals surface area contributed by atoms with Crippen LogP contribution >= 0.6 is 0 Å². The molecule has 0 spiro atoms. The Kier molecular flexibility index (Phi) is 5.62. The number of ether oxygens (including phenoxy) is 2. The number of rotatable bonds is 6. The van der Waals surface area contributed by atoms with Gasteiger partial charge in [0.1, 0.15) is 11.3 Å². The highest BCUT2D eigenvalue weighted by atomic mass is 16.6. The highest BCUT2D eigenvalue weighted by Gasteiger charge is 2.21. The molecule has 0 radical (unpaired) electrons. The Balaban J connectivity index is 2.10. The Hall–Kier alpha value is -3.22. The minimum atomic E-state index is -0.844. The molecule has 0 bridgehead atoms. The summed E-state index contributed by atoms with van der Waals surface area (Å²) < 4.78 is 10.1. The summed E-state index contributed by atoms with van der Waals surface area (Å²) in [5, 5.41) is 10.9. The van der Waals surface area contributed by atoms with Crippen molar-refractivity contribution in [3.8, 4) is 5.75 Å². The molecule has 0 fully saturated rings. The molecule has 2 aromatic rings. The lowest BCUT2D eigenvalue weighted by Crippen LogP contribution is -2.11. The largest absolute Gasteiger partial charge is 0.462 e. The molecule has 0 N–H and O–H groups in total. The predicted molar refractivity (Wildman–Crippen MR) is 85.1 cm³/mol. The fraction of sp³-hybridized carbons (Fsp3) is 0.176. The number of hydrogen-bond donors (Lipinski definition) is 0. The molecule has 2 rings (SSSR count). The molecule has 124 valence electrons. The maximum atomic E-state index is 12.1. The molecule has 0 aliphatic rings. The average Bonchev–Trinajstić information content (AvgIpc) is 2.60. The first-order chi connectivity index (χ1) is 11.5. The molecular formula is C17H15NO6. The van der Waals surface area contributed by atoms with Gasteiger partial charge in [0, 0.05) is 6.07 Å². The number of nitro benzene ring substituents is 1. The zero-order valence-corrected chi connectivity index (χ0v) is 12.9. The van der Waals surface area contributed by atoms with Gasteiger partial charge >= 0.3 is 11.9 Å². The van der Waals surface area contributed by atoms with Gasteiger partial charge in [0.25, 0.3) is 5.69 Å². The Labute approximate surface area is 138 Å². The maximum Gasteiger partial charge on any atom is 0.350 e. The van der Waals surface area contributed by atoms with Gasteiger partial charge in [0.15, 0.2) is 0 Å². The minimum Gasteiger partial charge on any atom is -0.462 e. The molecule has 0 aliphatic heterocycles. The van der Waals surface area contributed by atoms with Gasteiger partial charge in [-0.2, -0.15) is 0 Å². The Morgan fingerprint density at radius 1 is 1.04 bits per heavy atom. The van der Waals surface area contributed by atoms with Crippen molar-refractivity contribution in [3.05, 3.63) is 69.8 Å². The molecule has 0 heterocycles. The molecule has 0 saturated heterocycles. The third-order valence-electron chi connectivity index (χ3n) is 3.06. The van der Waals surface area contributed by atoms with Crippen LogP contribution in [0.4, 0.5) is 5.69 Å². The minimum absolute atomic E-state index is 0.145. The molecule has 0 unspecified atom stereocenters. The quantitative estimate of drug-likeness (QED) is 0.349. The van der Waals surface area contributed by atoms with Crippen LogP contribution in [0.2, 0.25) is 0 Å². The first-order valence-corrected chi connectivity index (χ1v) is 7.25. The van der Waals surface area contributed by atoms with E-state index in [-0.39, 0.29) is 17.0 Å². The molecule has 2 aromatic carbocycles. The predicted octanol–water partition coefficient (Wildman–Crippen LogP) is 3.38. The second-order valence-corrected chi connectivity index (χ2v) is 4.82. The van der Waals surface area contributed by atoms with Gasteiger partial charge in [-0.05, 0) is 36.8 Å². The number of esters is 2. The molecule has 7 nitrogen and oxygen atoms in total. The first kappa shape index (κ1) is 17.1. The number of para-hydroxylation sites is 1. The van der Waals surface area contributed by atoms with Gasteiger partial charge < -0.3 is 9.47 Å². The van der Waals surface area contributed by atoms with E-state index in [4.69, 9.17) is 9.47 Å². The fourth-order valence-corrected chi connectivity index (χ4v) is 1.90. The van der Waals surface area contributed by atoms with Crippen LogP contribution in [-0.4, -0.2) is 23.5 Å². The topological polar surface area (TPSA) is 95.7 Å². The van der Waals surface area contributed by atoms with E-state index in [1.165, 1.54) is 48.5 Å².